The van der Waals surface area contributed by atoms with Gasteiger partial charge in [0.2, 0.25) is 0 Å². The van der Waals surface area contributed by atoms with Gasteiger partial charge in [0.1, 0.15) is 11.4 Å². The number of guanidine groups is 1. The quantitative estimate of drug-likeness (QED) is 0.318. The maximum Gasteiger partial charge on any atom is 0.191 e. The second-order valence-electron chi connectivity index (χ2n) is 8.74. The first-order chi connectivity index (χ1) is 14.9. The molecule has 0 aromatic heterocycles. The number of hydrogen-bond acceptors (Lipinski definition) is 4. The topological polar surface area (TPSA) is 79.8 Å². The third kappa shape index (κ3) is 6.15. The van der Waals surface area contributed by atoms with Crippen molar-refractivity contribution < 1.29 is 13.2 Å². The summed E-state index contributed by atoms with van der Waals surface area (Å²) in [5.41, 5.74) is 2.97. The van der Waals surface area contributed by atoms with E-state index < -0.39 is 9.84 Å². The standard InChI is InChI=1S/C24H31N3O3S.HI/c1-25-23(26-16-18-9-11-19(12-10-18)17-31(2,28)29)27-21-15-24(13-5-6-14-24)30-22-8-4-3-7-20(21)22;/h3-4,7-12,21H,5-6,13-17H2,1-2H3,(H2,25,26,27);1H. The van der Waals surface area contributed by atoms with E-state index in [0.29, 0.717) is 6.54 Å². The van der Waals surface area contributed by atoms with Crippen molar-refractivity contribution in [2.24, 2.45) is 4.99 Å². The van der Waals surface area contributed by atoms with Crippen LogP contribution in [0.4, 0.5) is 0 Å². The molecule has 1 unspecified atom stereocenters. The Balaban J connectivity index is 0.00000289. The smallest absolute Gasteiger partial charge is 0.191 e. The van der Waals surface area contributed by atoms with E-state index in [4.69, 9.17) is 4.74 Å². The van der Waals surface area contributed by atoms with Crippen LogP contribution in [0.3, 0.4) is 0 Å². The Morgan fingerprint density at radius 2 is 1.75 bits per heavy atom. The summed E-state index contributed by atoms with van der Waals surface area (Å²) in [7, 11) is -1.25. The zero-order valence-electron chi connectivity index (χ0n) is 18.6. The highest BCUT2D eigenvalue weighted by atomic mass is 127. The predicted molar refractivity (Wildman–Crippen MR) is 139 cm³/mol. The highest BCUT2D eigenvalue weighted by Crippen LogP contribution is 2.46. The minimum absolute atomic E-state index is 0. The minimum Gasteiger partial charge on any atom is -0.487 e. The fraction of sp³-hybridized carbons (Fsp3) is 0.458. The Morgan fingerprint density at radius 1 is 1.09 bits per heavy atom. The maximum absolute atomic E-state index is 11.5. The molecule has 2 N–H and O–H groups in total. The Labute approximate surface area is 208 Å². The Bertz CT molecular complexity index is 1050. The van der Waals surface area contributed by atoms with Gasteiger partial charge in [-0.1, -0.05) is 42.5 Å². The molecule has 1 aliphatic heterocycles. The maximum atomic E-state index is 11.5. The van der Waals surface area contributed by atoms with Crippen molar-refractivity contribution in [2.75, 3.05) is 13.3 Å². The number of nitrogens with zero attached hydrogens (tertiary/aromatic N) is 1. The van der Waals surface area contributed by atoms with Crippen molar-refractivity contribution in [2.45, 2.75) is 56.0 Å². The fourth-order valence-corrected chi connectivity index (χ4v) is 5.47. The number of rotatable bonds is 5. The van der Waals surface area contributed by atoms with E-state index in [1.807, 2.05) is 30.3 Å². The first kappa shape index (κ1) is 24.8. The van der Waals surface area contributed by atoms with E-state index >= 15 is 0 Å². The first-order valence-corrected chi connectivity index (χ1v) is 12.9. The molecular weight excluding hydrogens is 537 g/mol. The van der Waals surface area contributed by atoms with E-state index in [2.05, 4.69) is 33.8 Å². The highest BCUT2D eigenvalue weighted by molar-refractivity contribution is 14.0. The van der Waals surface area contributed by atoms with Crippen LogP contribution in [0.5, 0.6) is 5.75 Å². The molecule has 0 saturated heterocycles. The van der Waals surface area contributed by atoms with Gasteiger partial charge >= 0.3 is 0 Å². The Kier molecular flexibility index (Phi) is 8.08. The van der Waals surface area contributed by atoms with Crippen molar-refractivity contribution >= 4 is 39.8 Å². The van der Waals surface area contributed by atoms with Gasteiger partial charge in [-0.05, 0) is 42.9 Å². The molecule has 6 nitrogen and oxygen atoms in total. The lowest BCUT2D eigenvalue weighted by molar-refractivity contribution is 0.0396. The van der Waals surface area contributed by atoms with Gasteiger partial charge in [0.25, 0.3) is 0 Å². The molecule has 4 rings (SSSR count). The zero-order chi connectivity index (χ0) is 21.9. The van der Waals surface area contributed by atoms with E-state index in [9.17, 15) is 8.42 Å². The number of sulfone groups is 1. The summed E-state index contributed by atoms with van der Waals surface area (Å²) < 4.78 is 29.4. The van der Waals surface area contributed by atoms with Crippen LogP contribution in [0.1, 0.15) is 54.8 Å². The lowest BCUT2D eigenvalue weighted by Gasteiger charge is -2.40. The molecule has 1 saturated carbocycles. The van der Waals surface area contributed by atoms with Crippen molar-refractivity contribution in [1.82, 2.24) is 10.6 Å². The van der Waals surface area contributed by atoms with Gasteiger partial charge in [-0.2, -0.15) is 0 Å². The summed E-state index contributed by atoms with van der Waals surface area (Å²) in [6.07, 6.45) is 6.83. The van der Waals surface area contributed by atoms with Crippen LogP contribution in [-0.2, 0) is 22.1 Å². The van der Waals surface area contributed by atoms with Crippen LogP contribution in [0.2, 0.25) is 0 Å². The predicted octanol–water partition coefficient (Wildman–Crippen LogP) is 4.35. The van der Waals surface area contributed by atoms with E-state index in [0.717, 1.165) is 42.1 Å². The second-order valence-corrected chi connectivity index (χ2v) is 10.9. The molecule has 8 heteroatoms. The summed E-state index contributed by atoms with van der Waals surface area (Å²) in [4.78, 5) is 4.43. The average molecular weight is 570 g/mol. The summed E-state index contributed by atoms with van der Waals surface area (Å²) in [6, 6.07) is 16.1. The minimum atomic E-state index is -3.03. The molecule has 1 aliphatic carbocycles. The Morgan fingerprint density at radius 3 is 2.41 bits per heavy atom. The lowest BCUT2D eigenvalue weighted by Crippen LogP contribution is -2.46. The number of benzene rings is 2. The summed E-state index contributed by atoms with van der Waals surface area (Å²) in [6.45, 7) is 0.606. The van der Waals surface area contributed by atoms with Gasteiger partial charge < -0.3 is 15.4 Å². The van der Waals surface area contributed by atoms with Crippen molar-refractivity contribution in [3.63, 3.8) is 0 Å². The second kappa shape index (κ2) is 10.4. The first-order valence-electron chi connectivity index (χ1n) is 10.9. The number of hydrogen-bond donors (Lipinski definition) is 2. The van der Waals surface area contributed by atoms with Crippen molar-refractivity contribution in [1.29, 1.82) is 0 Å². The normalized spacial score (nSPS) is 19.6. The molecule has 32 heavy (non-hydrogen) atoms. The number of ether oxygens (including phenoxy) is 1. The van der Waals surface area contributed by atoms with Crippen molar-refractivity contribution in [3.8, 4) is 5.75 Å². The number of aliphatic imine (C=N–C) groups is 1. The molecule has 0 amide bonds. The van der Waals surface area contributed by atoms with Crippen LogP contribution in [-0.4, -0.2) is 33.3 Å². The monoisotopic (exact) mass is 569 g/mol. The highest BCUT2D eigenvalue weighted by Gasteiger charge is 2.43. The van der Waals surface area contributed by atoms with Crippen LogP contribution in [0, 0.1) is 0 Å². The van der Waals surface area contributed by atoms with E-state index in [-0.39, 0.29) is 41.4 Å². The third-order valence-corrected chi connectivity index (χ3v) is 7.02. The largest absolute Gasteiger partial charge is 0.487 e. The average Bonchev–Trinajstić information content (AvgIpc) is 3.18. The third-order valence-electron chi connectivity index (χ3n) is 6.16. The van der Waals surface area contributed by atoms with Gasteiger partial charge in [0, 0.05) is 31.8 Å². The summed E-state index contributed by atoms with van der Waals surface area (Å²) in [5.74, 6) is 1.79. The number of halogens is 1. The summed E-state index contributed by atoms with van der Waals surface area (Å²) in [5, 5.41) is 7.00. The molecular formula is C24H32IN3O3S. The molecule has 174 valence electrons. The fourth-order valence-electron chi connectivity index (χ4n) is 4.67. The molecule has 1 heterocycles. The molecule has 1 fully saturated rings. The van der Waals surface area contributed by atoms with E-state index in [1.54, 1.807) is 7.05 Å². The van der Waals surface area contributed by atoms with Crippen LogP contribution in [0.25, 0.3) is 0 Å². The van der Waals surface area contributed by atoms with Crippen molar-refractivity contribution in [3.05, 3.63) is 65.2 Å². The molecule has 1 spiro atoms. The number of nitrogens with one attached hydrogen (secondary N) is 2. The van der Waals surface area contributed by atoms with Gasteiger partial charge in [0.05, 0.1) is 11.8 Å². The molecule has 2 aromatic carbocycles. The van der Waals surface area contributed by atoms with Gasteiger partial charge in [0.15, 0.2) is 15.8 Å². The van der Waals surface area contributed by atoms with Gasteiger partial charge in [-0.25, -0.2) is 8.42 Å². The lowest BCUT2D eigenvalue weighted by atomic mass is 9.86. The zero-order valence-corrected chi connectivity index (χ0v) is 21.8. The summed E-state index contributed by atoms with van der Waals surface area (Å²) >= 11 is 0. The van der Waals surface area contributed by atoms with Gasteiger partial charge in [-0.3, -0.25) is 4.99 Å². The van der Waals surface area contributed by atoms with Crippen LogP contribution >= 0.6 is 24.0 Å². The number of fused-ring (bicyclic) bond motifs is 1. The van der Waals surface area contributed by atoms with Crippen LogP contribution in [0.15, 0.2) is 53.5 Å². The van der Waals surface area contributed by atoms with Gasteiger partial charge in [-0.15, -0.1) is 24.0 Å². The molecule has 2 aliphatic rings. The van der Waals surface area contributed by atoms with Crippen LogP contribution < -0.4 is 15.4 Å². The molecule has 2 aromatic rings. The number of para-hydroxylation sites is 1. The molecule has 1 atom stereocenters. The SMILES string of the molecule is CN=C(NCc1ccc(CS(C)(=O)=O)cc1)NC1CC2(CCCC2)Oc2ccccc21.I. The Hall–Kier alpha value is -1.81. The molecule has 0 bridgehead atoms. The van der Waals surface area contributed by atoms with E-state index in [1.165, 1.54) is 24.7 Å². The molecule has 0 radical (unpaired) electrons.